The zero-order valence-corrected chi connectivity index (χ0v) is 15.1. The number of sulfonamides is 1. The summed E-state index contributed by atoms with van der Waals surface area (Å²) in [5.41, 5.74) is 2.77. The predicted molar refractivity (Wildman–Crippen MR) is 97.1 cm³/mol. The molecule has 2 aromatic rings. The monoisotopic (exact) mass is 362 g/mol. The zero-order valence-electron chi connectivity index (χ0n) is 14.3. The van der Waals surface area contributed by atoms with Crippen molar-refractivity contribution in [1.82, 2.24) is 0 Å². The Morgan fingerprint density at radius 3 is 2.40 bits per heavy atom. The third kappa shape index (κ3) is 5.88. The number of nitrogens with one attached hydrogen (secondary N) is 1. The van der Waals surface area contributed by atoms with Crippen LogP contribution in [-0.4, -0.2) is 20.9 Å². The van der Waals surface area contributed by atoms with Crippen molar-refractivity contribution in [3.63, 3.8) is 0 Å². The number of aryl methyl sites for hydroxylation is 2. The first-order valence-electron chi connectivity index (χ1n) is 7.88. The molecule has 6 nitrogen and oxygen atoms in total. The largest absolute Gasteiger partial charge is 0.493 e. The van der Waals surface area contributed by atoms with Crippen LogP contribution >= 0.6 is 0 Å². The van der Waals surface area contributed by atoms with Crippen molar-refractivity contribution in [3.05, 3.63) is 53.6 Å². The Balaban J connectivity index is 1.77. The van der Waals surface area contributed by atoms with Gasteiger partial charge in [0.05, 0.1) is 11.5 Å². The minimum Gasteiger partial charge on any atom is -0.493 e. The highest BCUT2D eigenvalue weighted by atomic mass is 32.2. The molecule has 0 aliphatic carbocycles. The summed E-state index contributed by atoms with van der Waals surface area (Å²) in [6.07, 6.45) is 0.885. The standard InChI is InChI=1S/C18H22N2O4S/c1-13-5-10-17(14(2)12-13)24-11-3-4-18(21)20-15-6-8-16(9-7-15)25(19,22)23/h5-10,12H,3-4,11H2,1-2H3,(H,20,21)(H2,19,22,23). The number of nitrogens with two attached hydrogens (primary N) is 1. The number of amides is 1. The van der Waals surface area contributed by atoms with Crippen molar-refractivity contribution in [2.45, 2.75) is 31.6 Å². The Morgan fingerprint density at radius 2 is 1.80 bits per heavy atom. The van der Waals surface area contributed by atoms with Crippen LogP contribution in [0.4, 0.5) is 5.69 Å². The number of rotatable bonds is 7. The Labute approximate surface area is 148 Å². The number of ether oxygens (including phenoxy) is 1. The number of carbonyl (C=O) groups is 1. The second-order valence-electron chi connectivity index (χ2n) is 5.84. The van der Waals surface area contributed by atoms with E-state index in [9.17, 15) is 13.2 Å². The van der Waals surface area contributed by atoms with E-state index in [1.165, 1.54) is 29.8 Å². The van der Waals surface area contributed by atoms with Crippen molar-refractivity contribution in [3.8, 4) is 5.75 Å². The number of carbonyl (C=O) groups excluding carboxylic acids is 1. The fourth-order valence-corrected chi connectivity index (χ4v) is 2.84. The van der Waals surface area contributed by atoms with Gasteiger partial charge in [-0.15, -0.1) is 0 Å². The molecule has 2 rings (SSSR count). The molecule has 0 saturated carbocycles. The van der Waals surface area contributed by atoms with Crippen LogP contribution in [0.1, 0.15) is 24.0 Å². The second-order valence-corrected chi connectivity index (χ2v) is 7.40. The lowest BCUT2D eigenvalue weighted by molar-refractivity contribution is -0.116. The van der Waals surface area contributed by atoms with E-state index in [-0.39, 0.29) is 10.8 Å². The fraction of sp³-hybridized carbons (Fsp3) is 0.278. The highest BCUT2D eigenvalue weighted by molar-refractivity contribution is 7.89. The molecule has 0 unspecified atom stereocenters. The molecular weight excluding hydrogens is 340 g/mol. The average molecular weight is 362 g/mol. The molecule has 3 N–H and O–H groups in total. The number of anilines is 1. The third-order valence-corrected chi connectivity index (χ3v) is 4.53. The van der Waals surface area contributed by atoms with Gasteiger partial charge in [-0.05, 0) is 56.2 Å². The van der Waals surface area contributed by atoms with Crippen LogP contribution in [0.5, 0.6) is 5.75 Å². The first kappa shape index (κ1) is 19.0. The molecule has 0 aliphatic heterocycles. The van der Waals surface area contributed by atoms with Crippen LogP contribution < -0.4 is 15.2 Å². The van der Waals surface area contributed by atoms with E-state index in [2.05, 4.69) is 5.32 Å². The first-order chi connectivity index (χ1) is 11.8. The maximum absolute atomic E-state index is 11.9. The van der Waals surface area contributed by atoms with Gasteiger partial charge in [0.2, 0.25) is 15.9 Å². The van der Waals surface area contributed by atoms with Gasteiger partial charge in [-0.2, -0.15) is 0 Å². The van der Waals surface area contributed by atoms with Crippen molar-refractivity contribution in [1.29, 1.82) is 0 Å². The molecule has 0 aromatic heterocycles. The summed E-state index contributed by atoms with van der Waals surface area (Å²) in [7, 11) is -3.73. The van der Waals surface area contributed by atoms with Crippen molar-refractivity contribution < 1.29 is 17.9 Å². The SMILES string of the molecule is Cc1ccc(OCCCC(=O)Nc2ccc(S(N)(=O)=O)cc2)c(C)c1. The van der Waals surface area contributed by atoms with E-state index >= 15 is 0 Å². The Kier molecular flexibility index (Phi) is 6.17. The van der Waals surface area contributed by atoms with Gasteiger partial charge in [-0.25, -0.2) is 13.6 Å². The first-order valence-corrected chi connectivity index (χ1v) is 9.43. The molecule has 7 heteroatoms. The van der Waals surface area contributed by atoms with Gasteiger partial charge < -0.3 is 10.1 Å². The van der Waals surface area contributed by atoms with Gasteiger partial charge in [0, 0.05) is 12.1 Å². The molecule has 0 spiro atoms. The summed E-state index contributed by atoms with van der Waals surface area (Å²) >= 11 is 0. The molecule has 0 heterocycles. The van der Waals surface area contributed by atoms with E-state index in [0.29, 0.717) is 25.1 Å². The van der Waals surface area contributed by atoms with Crippen LogP contribution in [0, 0.1) is 13.8 Å². The topological polar surface area (TPSA) is 98.5 Å². The minimum atomic E-state index is -3.73. The normalized spacial score (nSPS) is 11.2. The van der Waals surface area contributed by atoms with E-state index in [0.717, 1.165) is 11.3 Å². The summed E-state index contributed by atoms with van der Waals surface area (Å²) in [6.45, 7) is 4.46. The predicted octanol–water partition coefficient (Wildman–Crippen LogP) is 2.75. The quantitative estimate of drug-likeness (QED) is 0.740. The van der Waals surface area contributed by atoms with Gasteiger partial charge in [0.1, 0.15) is 5.75 Å². The molecule has 134 valence electrons. The maximum atomic E-state index is 11.9. The molecule has 0 bridgehead atoms. The van der Waals surface area contributed by atoms with E-state index in [1.54, 1.807) is 0 Å². The number of primary sulfonamides is 1. The summed E-state index contributed by atoms with van der Waals surface area (Å²) in [5, 5.41) is 7.73. The zero-order chi connectivity index (χ0) is 18.4. The van der Waals surface area contributed by atoms with Crippen LogP contribution in [-0.2, 0) is 14.8 Å². The summed E-state index contributed by atoms with van der Waals surface area (Å²) in [4.78, 5) is 11.9. The molecule has 0 radical (unpaired) electrons. The minimum absolute atomic E-state index is 0.00682. The van der Waals surface area contributed by atoms with E-state index in [4.69, 9.17) is 9.88 Å². The molecular formula is C18H22N2O4S. The van der Waals surface area contributed by atoms with E-state index < -0.39 is 10.0 Å². The van der Waals surface area contributed by atoms with Crippen LogP contribution in [0.15, 0.2) is 47.4 Å². The molecule has 0 saturated heterocycles. The molecule has 0 aliphatic rings. The van der Waals surface area contributed by atoms with Crippen LogP contribution in [0.25, 0.3) is 0 Å². The second kappa shape index (κ2) is 8.13. The Morgan fingerprint density at radius 1 is 1.12 bits per heavy atom. The lowest BCUT2D eigenvalue weighted by atomic mass is 10.1. The lowest BCUT2D eigenvalue weighted by Crippen LogP contribution is -2.14. The molecule has 1 amide bonds. The summed E-state index contributed by atoms with van der Waals surface area (Å²) in [5.74, 6) is 0.664. The third-order valence-electron chi connectivity index (χ3n) is 3.60. The molecule has 2 aromatic carbocycles. The van der Waals surface area contributed by atoms with Gasteiger partial charge in [0.15, 0.2) is 0 Å². The van der Waals surface area contributed by atoms with Crippen molar-refractivity contribution in [2.24, 2.45) is 5.14 Å². The number of benzene rings is 2. The maximum Gasteiger partial charge on any atom is 0.238 e. The highest BCUT2D eigenvalue weighted by Gasteiger charge is 2.08. The Bertz CT molecular complexity index is 846. The molecule has 25 heavy (non-hydrogen) atoms. The molecule has 0 atom stereocenters. The van der Waals surface area contributed by atoms with Crippen LogP contribution in [0.3, 0.4) is 0 Å². The fourth-order valence-electron chi connectivity index (χ4n) is 2.33. The van der Waals surface area contributed by atoms with Crippen molar-refractivity contribution in [2.75, 3.05) is 11.9 Å². The summed E-state index contributed by atoms with van der Waals surface area (Å²) < 4.78 is 28.0. The van der Waals surface area contributed by atoms with Crippen LogP contribution in [0.2, 0.25) is 0 Å². The smallest absolute Gasteiger partial charge is 0.238 e. The van der Waals surface area contributed by atoms with Gasteiger partial charge in [-0.1, -0.05) is 17.7 Å². The van der Waals surface area contributed by atoms with Crippen molar-refractivity contribution >= 4 is 21.6 Å². The summed E-state index contributed by atoms with van der Waals surface area (Å²) in [6, 6.07) is 11.7. The molecule has 0 fully saturated rings. The number of hydrogen-bond donors (Lipinski definition) is 2. The van der Waals surface area contributed by atoms with Gasteiger partial charge in [-0.3, -0.25) is 4.79 Å². The highest BCUT2D eigenvalue weighted by Crippen LogP contribution is 2.19. The Hall–Kier alpha value is -2.38. The van der Waals surface area contributed by atoms with E-state index in [1.807, 2.05) is 32.0 Å². The average Bonchev–Trinajstić information content (AvgIpc) is 2.53. The van der Waals surface area contributed by atoms with Gasteiger partial charge in [0.25, 0.3) is 0 Å². The van der Waals surface area contributed by atoms with Gasteiger partial charge >= 0.3 is 0 Å². The lowest BCUT2D eigenvalue weighted by Gasteiger charge is -2.10. The number of hydrogen-bond acceptors (Lipinski definition) is 4.